The lowest BCUT2D eigenvalue weighted by Gasteiger charge is -2.08. The molecular weight excluding hydrogens is 274 g/mol. The number of nitro benzene ring substituents is 1. The van der Waals surface area contributed by atoms with Gasteiger partial charge in [-0.2, -0.15) is 5.10 Å². The van der Waals surface area contributed by atoms with E-state index in [9.17, 15) is 14.9 Å². The normalized spacial score (nSPS) is 10.2. The first-order valence-electron chi connectivity index (χ1n) is 6.23. The SMILES string of the molecule is CNc1ccc([N+](=O)[O-])c(C(=O)Nc2c(C)n[nH]c2C)c1. The third-order valence-electron chi connectivity index (χ3n) is 3.09. The summed E-state index contributed by atoms with van der Waals surface area (Å²) in [4.78, 5) is 22.8. The molecule has 21 heavy (non-hydrogen) atoms. The van der Waals surface area contributed by atoms with E-state index in [0.29, 0.717) is 22.8 Å². The van der Waals surface area contributed by atoms with Crippen LogP contribution in [0.15, 0.2) is 18.2 Å². The Balaban J connectivity index is 2.40. The van der Waals surface area contributed by atoms with Crippen LogP contribution in [-0.4, -0.2) is 28.1 Å². The summed E-state index contributed by atoms with van der Waals surface area (Å²) in [5.74, 6) is -0.550. The van der Waals surface area contributed by atoms with Gasteiger partial charge in [-0.25, -0.2) is 0 Å². The Morgan fingerprint density at radius 1 is 1.38 bits per heavy atom. The molecule has 0 fully saturated rings. The highest BCUT2D eigenvalue weighted by Gasteiger charge is 2.22. The molecule has 1 heterocycles. The van der Waals surface area contributed by atoms with E-state index in [2.05, 4.69) is 20.8 Å². The molecule has 0 saturated heterocycles. The molecule has 0 aliphatic carbocycles. The van der Waals surface area contributed by atoms with Crippen molar-refractivity contribution in [1.82, 2.24) is 10.2 Å². The van der Waals surface area contributed by atoms with Gasteiger partial charge < -0.3 is 10.6 Å². The third-order valence-corrected chi connectivity index (χ3v) is 3.09. The molecular formula is C13H15N5O3. The number of carbonyl (C=O) groups is 1. The van der Waals surface area contributed by atoms with Gasteiger partial charge in [-0.15, -0.1) is 0 Å². The first kappa shape index (κ1) is 14.5. The number of rotatable bonds is 4. The Labute approximate surface area is 120 Å². The van der Waals surface area contributed by atoms with Crippen molar-refractivity contribution in [1.29, 1.82) is 0 Å². The van der Waals surface area contributed by atoms with Crippen LogP contribution < -0.4 is 10.6 Å². The van der Waals surface area contributed by atoms with Gasteiger partial charge in [-0.05, 0) is 26.0 Å². The number of nitrogens with one attached hydrogen (secondary N) is 3. The van der Waals surface area contributed by atoms with Crippen LogP contribution in [0, 0.1) is 24.0 Å². The van der Waals surface area contributed by atoms with Crippen LogP contribution in [0.5, 0.6) is 0 Å². The highest BCUT2D eigenvalue weighted by molar-refractivity contribution is 6.08. The van der Waals surface area contributed by atoms with Gasteiger partial charge in [0.15, 0.2) is 0 Å². The zero-order valence-corrected chi connectivity index (χ0v) is 11.9. The average molecular weight is 289 g/mol. The molecule has 110 valence electrons. The number of hydrogen-bond acceptors (Lipinski definition) is 5. The van der Waals surface area contributed by atoms with Crippen molar-refractivity contribution in [3.63, 3.8) is 0 Å². The Hall–Kier alpha value is -2.90. The first-order valence-corrected chi connectivity index (χ1v) is 6.23. The highest BCUT2D eigenvalue weighted by atomic mass is 16.6. The van der Waals surface area contributed by atoms with Crippen LogP contribution in [0.3, 0.4) is 0 Å². The first-order chi connectivity index (χ1) is 9.93. The van der Waals surface area contributed by atoms with E-state index in [1.54, 1.807) is 27.0 Å². The van der Waals surface area contributed by atoms with Crippen LogP contribution in [-0.2, 0) is 0 Å². The van der Waals surface area contributed by atoms with E-state index < -0.39 is 10.8 Å². The zero-order valence-electron chi connectivity index (χ0n) is 11.9. The second-order valence-electron chi connectivity index (χ2n) is 4.50. The number of aryl methyl sites for hydroxylation is 2. The predicted octanol–water partition coefficient (Wildman–Crippen LogP) is 2.23. The summed E-state index contributed by atoms with van der Waals surface area (Å²) in [6.07, 6.45) is 0. The monoisotopic (exact) mass is 289 g/mol. The van der Waals surface area contributed by atoms with Crippen LogP contribution in [0.1, 0.15) is 21.7 Å². The third kappa shape index (κ3) is 2.83. The Kier molecular flexibility index (Phi) is 3.88. The number of amides is 1. The minimum atomic E-state index is -0.580. The van der Waals surface area contributed by atoms with Crippen LogP contribution in [0.4, 0.5) is 17.1 Å². The van der Waals surface area contributed by atoms with Crippen LogP contribution in [0.25, 0.3) is 0 Å². The van der Waals surface area contributed by atoms with Gasteiger partial charge in [0.1, 0.15) is 5.56 Å². The molecule has 0 atom stereocenters. The largest absolute Gasteiger partial charge is 0.388 e. The number of benzene rings is 1. The van der Waals surface area contributed by atoms with E-state index in [1.165, 1.54) is 12.1 Å². The molecule has 0 saturated carbocycles. The topological polar surface area (TPSA) is 113 Å². The molecule has 1 aromatic heterocycles. The summed E-state index contributed by atoms with van der Waals surface area (Å²) in [5.41, 5.74) is 2.20. The number of hydrogen-bond donors (Lipinski definition) is 3. The maximum Gasteiger partial charge on any atom is 0.282 e. The fraction of sp³-hybridized carbons (Fsp3) is 0.231. The van der Waals surface area contributed by atoms with E-state index in [4.69, 9.17) is 0 Å². The number of carbonyl (C=O) groups excluding carboxylic acids is 1. The lowest BCUT2D eigenvalue weighted by Crippen LogP contribution is -2.15. The zero-order chi connectivity index (χ0) is 15.6. The van der Waals surface area contributed by atoms with Crippen molar-refractivity contribution in [2.75, 3.05) is 17.7 Å². The summed E-state index contributed by atoms with van der Waals surface area (Å²) >= 11 is 0. The molecule has 0 radical (unpaired) electrons. The van der Waals surface area contributed by atoms with Gasteiger partial charge in [0.05, 0.1) is 22.0 Å². The molecule has 0 aliphatic rings. The van der Waals surface area contributed by atoms with Crippen molar-refractivity contribution in [3.8, 4) is 0 Å². The summed E-state index contributed by atoms with van der Waals surface area (Å²) < 4.78 is 0. The van der Waals surface area contributed by atoms with Gasteiger partial charge in [0.2, 0.25) is 0 Å². The predicted molar refractivity (Wildman–Crippen MR) is 78.7 cm³/mol. The molecule has 3 N–H and O–H groups in total. The maximum atomic E-state index is 12.3. The van der Waals surface area contributed by atoms with Gasteiger partial charge in [0, 0.05) is 18.8 Å². The fourth-order valence-electron chi connectivity index (χ4n) is 1.95. The maximum absolute atomic E-state index is 12.3. The molecule has 1 aromatic carbocycles. The molecule has 0 spiro atoms. The van der Waals surface area contributed by atoms with Gasteiger partial charge in [-0.1, -0.05) is 0 Å². The molecule has 2 rings (SSSR count). The fourth-order valence-corrected chi connectivity index (χ4v) is 1.95. The number of H-pyrrole nitrogens is 1. The van der Waals surface area contributed by atoms with E-state index in [1.807, 2.05) is 0 Å². The van der Waals surface area contributed by atoms with Crippen molar-refractivity contribution < 1.29 is 9.72 Å². The summed E-state index contributed by atoms with van der Waals surface area (Å²) in [6.45, 7) is 3.49. The van der Waals surface area contributed by atoms with Crippen LogP contribution in [0.2, 0.25) is 0 Å². The molecule has 8 heteroatoms. The molecule has 0 aliphatic heterocycles. The second kappa shape index (κ2) is 5.61. The number of aromatic amines is 1. The molecule has 0 unspecified atom stereocenters. The Bertz CT molecular complexity index is 688. The van der Waals surface area contributed by atoms with Crippen LogP contribution >= 0.6 is 0 Å². The molecule has 8 nitrogen and oxygen atoms in total. The molecule has 1 amide bonds. The Morgan fingerprint density at radius 3 is 2.62 bits per heavy atom. The van der Waals surface area contributed by atoms with Crippen molar-refractivity contribution >= 4 is 23.0 Å². The van der Waals surface area contributed by atoms with E-state index in [-0.39, 0.29) is 11.3 Å². The Morgan fingerprint density at radius 2 is 2.10 bits per heavy atom. The summed E-state index contributed by atoms with van der Waals surface area (Å²) in [5, 5.41) is 23.3. The lowest BCUT2D eigenvalue weighted by atomic mass is 10.1. The quantitative estimate of drug-likeness (QED) is 0.590. The standard InChI is InChI=1S/C13H15N5O3/c1-7-12(8(2)17-16-7)15-13(19)10-6-9(14-3)4-5-11(10)18(20)21/h4-6,14H,1-3H3,(H,15,19)(H,16,17). The number of aromatic nitrogens is 2. The average Bonchev–Trinajstić information content (AvgIpc) is 2.78. The smallest absolute Gasteiger partial charge is 0.282 e. The highest BCUT2D eigenvalue weighted by Crippen LogP contribution is 2.25. The summed E-state index contributed by atoms with van der Waals surface area (Å²) in [7, 11) is 1.67. The number of nitro groups is 1. The van der Waals surface area contributed by atoms with Gasteiger partial charge in [-0.3, -0.25) is 20.0 Å². The number of anilines is 2. The summed E-state index contributed by atoms with van der Waals surface area (Å²) in [6, 6.07) is 4.29. The molecule has 2 aromatic rings. The van der Waals surface area contributed by atoms with Gasteiger partial charge >= 0.3 is 0 Å². The number of nitrogens with zero attached hydrogens (tertiary/aromatic N) is 2. The second-order valence-corrected chi connectivity index (χ2v) is 4.50. The van der Waals surface area contributed by atoms with Crippen molar-refractivity contribution in [2.24, 2.45) is 0 Å². The van der Waals surface area contributed by atoms with E-state index >= 15 is 0 Å². The van der Waals surface area contributed by atoms with Gasteiger partial charge in [0.25, 0.3) is 11.6 Å². The molecule has 0 bridgehead atoms. The minimum Gasteiger partial charge on any atom is -0.388 e. The van der Waals surface area contributed by atoms with Crippen molar-refractivity contribution in [2.45, 2.75) is 13.8 Å². The van der Waals surface area contributed by atoms with Crippen molar-refractivity contribution in [3.05, 3.63) is 45.3 Å². The van der Waals surface area contributed by atoms with E-state index in [0.717, 1.165) is 0 Å². The minimum absolute atomic E-state index is 0.00755. The lowest BCUT2D eigenvalue weighted by molar-refractivity contribution is -0.385.